The number of amides is 1. The molecule has 0 saturated heterocycles. The van der Waals surface area contributed by atoms with Gasteiger partial charge < -0.3 is 5.32 Å². The van der Waals surface area contributed by atoms with Gasteiger partial charge in [0.05, 0.1) is 6.07 Å². The van der Waals surface area contributed by atoms with Crippen LogP contribution >= 0.6 is 11.6 Å². The maximum atomic E-state index is 12.2. The standard InChI is InChI=1S/C16H11ClN2O2/c17-13-5-1-11(2-6-13)16(21)12-3-7-14(8-4-12)19-15(20)9-10-18/h1-8H,9H2,(H,19,20). The highest BCUT2D eigenvalue weighted by Crippen LogP contribution is 2.16. The van der Waals surface area contributed by atoms with Crippen molar-refractivity contribution in [2.24, 2.45) is 0 Å². The van der Waals surface area contributed by atoms with E-state index in [4.69, 9.17) is 16.9 Å². The lowest BCUT2D eigenvalue weighted by Gasteiger charge is -2.05. The Morgan fingerprint density at radius 1 is 1.00 bits per heavy atom. The first-order chi connectivity index (χ1) is 10.1. The van der Waals surface area contributed by atoms with Gasteiger partial charge in [-0.25, -0.2) is 0 Å². The van der Waals surface area contributed by atoms with E-state index in [0.29, 0.717) is 21.8 Å². The van der Waals surface area contributed by atoms with E-state index in [0.717, 1.165) is 0 Å². The number of nitrogens with zero attached hydrogens (tertiary/aromatic N) is 1. The number of hydrogen-bond acceptors (Lipinski definition) is 3. The second-order valence-electron chi connectivity index (χ2n) is 4.30. The minimum Gasteiger partial charge on any atom is -0.325 e. The zero-order valence-electron chi connectivity index (χ0n) is 11.0. The Hall–Kier alpha value is -2.64. The molecule has 1 amide bonds. The molecule has 0 fully saturated rings. The molecule has 0 radical (unpaired) electrons. The number of rotatable bonds is 4. The molecule has 2 aromatic rings. The van der Waals surface area contributed by atoms with Crippen LogP contribution in [0.5, 0.6) is 0 Å². The summed E-state index contributed by atoms with van der Waals surface area (Å²) >= 11 is 5.78. The van der Waals surface area contributed by atoms with Crippen molar-refractivity contribution in [1.29, 1.82) is 5.26 Å². The van der Waals surface area contributed by atoms with Gasteiger partial charge in [0.1, 0.15) is 6.42 Å². The first-order valence-corrected chi connectivity index (χ1v) is 6.55. The molecule has 0 spiro atoms. The quantitative estimate of drug-likeness (QED) is 0.879. The van der Waals surface area contributed by atoms with E-state index in [2.05, 4.69) is 5.32 Å². The number of hydrogen-bond donors (Lipinski definition) is 1. The fourth-order valence-electron chi connectivity index (χ4n) is 1.75. The number of carbonyl (C=O) groups is 2. The second kappa shape index (κ2) is 6.69. The highest BCUT2D eigenvalue weighted by atomic mass is 35.5. The van der Waals surface area contributed by atoms with E-state index >= 15 is 0 Å². The molecule has 0 atom stereocenters. The summed E-state index contributed by atoms with van der Waals surface area (Å²) < 4.78 is 0. The molecule has 2 rings (SSSR count). The van der Waals surface area contributed by atoms with Crippen LogP contribution in [0.1, 0.15) is 22.3 Å². The Morgan fingerprint density at radius 3 is 2.05 bits per heavy atom. The molecule has 0 saturated carbocycles. The van der Waals surface area contributed by atoms with Crippen LogP contribution in [0.15, 0.2) is 48.5 Å². The molecule has 5 heteroatoms. The highest BCUT2D eigenvalue weighted by Gasteiger charge is 2.09. The summed E-state index contributed by atoms with van der Waals surface area (Å²) in [5.74, 6) is -0.504. The lowest BCUT2D eigenvalue weighted by atomic mass is 10.0. The molecule has 2 aromatic carbocycles. The number of nitrogens with one attached hydrogen (secondary N) is 1. The predicted octanol–water partition coefficient (Wildman–Crippen LogP) is 3.42. The van der Waals surface area contributed by atoms with Crippen molar-refractivity contribution in [3.63, 3.8) is 0 Å². The average molecular weight is 299 g/mol. The van der Waals surface area contributed by atoms with Gasteiger partial charge in [0.2, 0.25) is 5.91 Å². The lowest BCUT2D eigenvalue weighted by molar-refractivity contribution is -0.115. The Morgan fingerprint density at radius 2 is 1.52 bits per heavy atom. The van der Waals surface area contributed by atoms with E-state index in [-0.39, 0.29) is 18.1 Å². The number of benzene rings is 2. The van der Waals surface area contributed by atoms with Gasteiger partial charge in [0.15, 0.2) is 5.78 Å². The van der Waals surface area contributed by atoms with Crippen LogP contribution in [-0.2, 0) is 4.79 Å². The third-order valence-corrected chi connectivity index (χ3v) is 3.03. The minimum atomic E-state index is -0.380. The average Bonchev–Trinajstić information content (AvgIpc) is 2.48. The molecule has 0 aliphatic heterocycles. The topological polar surface area (TPSA) is 70.0 Å². The number of anilines is 1. The van der Waals surface area contributed by atoms with Crippen LogP contribution in [0.3, 0.4) is 0 Å². The maximum Gasteiger partial charge on any atom is 0.238 e. The van der Waals surface area contributed by atoms with Crippen molar-refractivity contribution >= 4 is 29.0 Å². The zero-order valence-corrected chi connectivity index (χ0v) is 11.7. The fourth-order valence-corrected chi connectivity index (χ4v) is 1.88. The summed E-state index contributed by atoms with van der Waals surface area (Å²) in [7, 11) is 0. The second-order valence-corrected chi connectivity index (χ2v) is 4.73. The SMILES string of the molecule is N#CCC(=O)Nc1ccc(C(=O)c2ccc(Cl)cc2)cc1. The smallest absolute Gasteiger partial charge is 0.238 e. The summed E-state index contributed by atoms with van der Waals surface area (Å²) in [4.78, 5) is 23.5. The Kier molecular flexibility index (Phi) is 4.70. The molecule has 0 aliphatic carbocycles. The molecule has 0 aliphatic rings. The maximum absolute atomic E-state index is 12.2. The molecule has 0 heterocycles. The van der Waals surface area contributed by atoms with E-state index in [1.54, 1.807) is 54.6 Å². The Balaban J connectivity index is 2.11. The van der Waals surface area contributed by atoms with Crippen LogP contribution in [0.25, 0.3) is 0 Å². The van der Waals surface area contributed by atoms with Crippen LogP contribution < -0.4 is 5.32 Å². The normalized spacial score (nSPS) is 9.71. The molecular weight excluding hydrogens is 288 g/mol. The van der Waals surface area contributed by atoms with Gasteiger partial charge in [-0.3, -0.25) is 9.59 Å². The molecule has 0 unspecified atom stereocenters. The molecule has 21 heavy (non-hydrogen) atoms. The molecule has 4 nitrogen and oxygen atoms in total. The van der Waals surface area contributed by atoms with E-state index in [1.807, 2.05) is 0 Å². The van der Waals surface area contributed by atoms with E-state index < -0.39 is 0 Å². The number of halogens is 1. The van der Waals surface area contributed by atoms with Crippen molar-refractivity contribution in [3.05, 3.63) is 64.7 Å². The van der Waals surface area contributed by atoms with Crippen LogP contribution in [-0.4, -0.2) is 11.7 Å². The summed E-state index contributed by atoms with van der Waals surface area (Å²) in [6, 6.07) is 14.9. The monoisotopic (exact) mass is 298 g/mol. The van der Waals surface area contributed by atoms with Gasteiger partial charge in [-0.15, -0.1) is 0 Å². The zero-order chi connectivity index (χ0) is 15.2. The van der Waals surface area contributed by atoms with E-state index in [9.17, 15) is 9.59 Å². The third-order valence-electron chi connectivity index (χ3n) is 2.78. The van der Waals surface area contributed by atoms with Gasteiger partial charge in [-0.2, -0.15) is 5.26 Å². The summed E-state index contributed by atoms with van der Waals surface area (Å²) in [5.41, 5.74) is 1.60. The van der Waals surface area contributed by atoms with Gasteiger partial charge in [-0.05, 0) is 48.5 Å². The van der Waals surface area contributed by atoms with Crippen LogP contribution in [0, 0.1) is 11.3 Å². The van der Waals surface area contributed by atoms with Gasteiger partial charge in [0.25, 0.3) is 0 Å². The number of nitriles is 1. The van der Waals surface area contributed by atoms with Gasteiger partial charge >= 0.3 is 0 Å². The van der Waals surface area contributed by atoms with Crippen molar-refractivity contribution in [2.45, 2.75) is 6.42 Å². The molecule has 0 aromatic heterocycles. The van der Waals surface area contributed by atoms with Crippen LogP contribution in [0.4, 0.5) is 5.69 Å². The van der Waals surface area contributed by atoms with Crippen molar-refractivity contribution < 1.29 is 9.59 Å². The first-order valence-electron chi connectivity index (χ1n) is 6.17. The summed E-state index contributed by atoms with van der Waals surface area (Å²) in [6.45, 7) is 0. The highest BCUT2D eigenvalue weighted by molar-refractivity contribution is 6.30. The molecule has 104 valence electrons. The van der Waals surface area contributed by atoms with Crippen molar-refractivity contribution in [1.82, 2.24) is 0 Å². The molecular formula is C16H11ClN2O2. The molecule has 1 N–H and O–H groups in total. The van der Waals surface area contributed by atoms with Gasteiger partial charge in [-0.1, -0.05) is 11.6 Å². The minimum absolute atomic E-state index is 0.124. The number of ketones is 1. The largest absolute Gasteiger partial charge is 0.325 e. The third kappa shape index (κ3) is 3.91. The van der Waals surface area contributed by atoms with Crippen LogP contribution in [0.2, 0.25) is 5.02 Å². The predicted molar refractivity (Wildman–Crippen MR) is 80.2 cm³/mol. The van der Waals surface area contributed by atoms with Gasteiger partial charge in [0, 0.05) is 21.8 Å². The Labute approximate surface area is 127 Å². The Bertz CT molecular complexity index is 701. The fraction of sp³-hybridized carbons (Fsp3) is 0.0625. The van der Waals surface area contributed by atoms with Crippen molar-refractivity contribution in [2.75, 3.05) is 5.32 Å². The van der Waals surface area contributed by atoms with E-state index in [1.165, 1.54) is 0 Å². The first kappa shape index (κ1) is 14.8. The summed E-state index contributed by atoms with van der Waals surface area (Å²) in [6.07, 6.45) is -0.203. The lowest BCUT2D eigenvalue weighted by Crippen LogP contribution is -2.10. The number of carbonyl (C=O) groups excluding carboxylic acids is 2. The van der Waals surface area contributed by atoms with Crippen molar-refractivity contribution in [3.8, 4) is 6.07 Å². The molecule has 0 bridgehead atoms. The summed E-state index contributed by atoms with van der Waals surface area (Å²) in [5, 5.41) is 11.5.